The normalized spacial score (nSPS) is 18.0. The van der Waals surface area contributed by atoms with Crippen molar-refractivity contribution in [2.45, 2.75) is 18.6 Å². The number of nitrogens with zero attached hydrogens (tertiary/aromatic N) is 1. The second-order valence-electron chi connectivity index (χ2n) is 4.47. The molecule has 0 saturated carbocycles. The van der Waals surface area contributed by atoms with Crippen LogP contribution in [0.25, 0.3) is 0 Å². The van der Waals surface area contributed by atoms with Crippen molar-refractivity contribution in [3.8, 4) is 0 Å². The van der Waals surface area contributed by atoms with Gasteiger partial charge in [-0.25, -0.2) is 4.90 Å². The SMILES string of the molecule is CCOC(=O)CS[C@H]1CC(=O)N(c2ccc(Cl)cc2Cl)C1=O. The predicted octanol–water partition coefficient (Wildman–Crippen LogP) is 2.92. The highest BCUT2D eigenvalue weighted by Gasteiger charge is 2.40. The molecule has 0 bridgehead atoms. The van der Waals surface area contributed by atoms with Crippen LogP contribution in [0.4, 0.5) is 5.69 Å². The van der Waals surface area contributed by atoms with Gasteiger partial charge in [-0.2, -0.15) is 0 Å². The Morgan fingerprint density at radius 2 is 2.14 bits per heavy atom. The maximum atomic E-state index is 12.4. The third kappa shape index (κ3) is 3.74. The molecule has 22 heavy (non-hydrogen) atoms. The van der Waals surface area contributed by atoms with Crippen molar-refractivity contribution in [2.24, 2.45) is 0 Å². The molecule has 1 aromatic carbocycles. The topological polar surface area (TPSA) is 63.7 Å². The lowest BCUT2D eigenvalue weighted by Gasteiger charge is -2.16. The van der Waals surface area contributed by atoms with E-state index in [0.717, 1.165) is 16.7 Å². The van der Waals surface area contributed by atoms with Crippen LogP contribution in [0.2, 0.25) is 10.0 Å². The highest BCUT2D eigenvalue weighted by molar-refractivity contribution is 8.01. The van der Waals surface area contributed by atoms with Gasteiger partial charge in [-0.05, 0) is 25.1 Å². The lowest BCUT2D eigenvalue weighted by molar-refractivity contribution is -0.139. The Labute approximate surface area is 141 Å². The summed E-state index contributed by atoms with van der Waals surface area (Å²) < 4.78 is 4.80. The Morgan fingerprint density at radius 3 is 2.77 bits per heavy atom. The maximum absolute atomic E-state index is 12.4. The molecule has 1 heterocycles. The number of esters is 1. The molecule has 1 aliphatic rings. The Morgan fingerprint density at radius 1 is 1.41 bits per heavy atom. The Bertz CT molecular complexity index is 623. The molecule has 118 valence electrons. The molecule has 0 aromatic heterocycles. The molecule has 8 heteroatoms. The van der Waals surface area contributed by atoms with Gasteiger partial charge in [0.2, 0.25) is 11.8 Å². The number of anilines is 1. The summed E-state index contributed by atoms with van der Waals surface area (Å²) in [4.78, 5) is 36.8. The van der Waals surface area contributed by atoms with Crippen LogP contribution in [0.1, 0.15) is 13.3 Å². The molecular formula is C14H13Cl2NO4S. The van der Waals surface area contributed by atoms with E-state index >= 15 is 0 Å². The minimum atomic E-state index is -0.608. The first-order chi connectivity index (χ1) is 10.4. The number of ether oxygens (including phenoxy) is 1. The van der Waals surface area contributed by atoms with Crippen LogP contribution >= 0.6 is 35.0 Å². The number of thioether (sulfide) groups is 1. The van der Waals surface area contributed by atoms with Gasteiger partial charge in [0.25, 0.3) is 0 Å². The zero-order chi connectivity index (χ0) is 16.3. The van der Waals surface area contributed by atoms with E-state index in [4.69, 9.17) is 27.9 Å². The Balaban J connectivity index is 2.10. The number of amides is 2. The fourth-order valence-corrected chi connectivity index (χ4v) is 3.44. The van der Waals surface area contributed by atoms with Crippen molar-refractivity contribution < 1.29 is 19.1 Å². The van der Waals surface area contributed by atoms with E-state index in [9.17, 15) is 14.4 Å². The number of hydrogen-bond donors (Lipinski definition) is 0. The van der Waals surface area contributed by atoms with E-state index < -0.39 is 11.2 Å². The van der Waals surface area contributed by atoms with Crippen LogP contribution in [0.5, 0.6) is 0 Å². The van der Waals surface area contributed by atoms with Crippen molar-refractivity contribution in [2.75, 3.05) is 17.3 Å². The van der Waals surface area contributed by atoms with Crippen molar-refractivity contribution in [1.29, 1.82) is 0 Å². The number of hydrogen-bond acceptors (Lipinski definition) is 5. The smallest absolute Gasteiger partial charge is 0.315 e. The molecule has 0 N–H and O–H groups in total. The number of rotatable bonds is 5. The lowest BCUT2D eigenvalue weighted by Crippen LogP contribution is -2.31. The number of carbonyl (C=O) groups is 3. The molecule has 1 saturated heterocycles. The molecule has 0 unspecified atom stereocenters. The fraction of sp³-hybridized carbons (Fsp3) is 0.357. The van der Waals surface area contributed by atoms with Crippen molar-refractivity contribution in [1.82, 2.24) is 0 Å². The van der Waals surface area contributed by atoms with E-state index in [2.05, 4.69) is 0 Å². The van der Waals surface area contributed by atoms with Crippen molar-refractivity contribution in [3.63, 3.8) is 0 Å². The predicted molar refractivity (Wildman–Crippen MR) is 86.5 cm³/mol. The summed E-state index contributed by atoms with van der Waals surface area (Å²) in [5.74, 6) is -1.12. The average Bonchev–Trinajstić information content (AvgIpc) is 2.72. The van der Waals surface area contributed by atoms with Gasteiger partial charge >= 0.3 is 5.97 Å². The first-order valence-electron chi connectivity index (χ1n) is 6.53. The van der Waals surface area contributed by atoms with Crippen LogP contribution in [0, 0.1) is 0 Å². The summed E-state index contributed by atoms with van der Waals surface area (Å²) in [7, 11) is 0. The van der Waals surface area contributed by atoms with Gasteiger partial charge in [0.15, 0.2) is 0 Å². The van der Waals surface area contributed by atoms with Gasteiger partial charge in [-0.15, -0.1) is 11.8 Å². The molecule has 1 fully saturated rings. The highest BCUT2D eigenvalue weighted by Crippen LogP contribution is 2.35. The summed E-state index contributed by atoms with van der Waals surface area (Å²) in [6.07, 6.45) is 0.0296. The van der Waals surface area contributed by atoms with Gasteiger partial charge in [-0.3, -0.25) is 14.4 Å². The van der Waals surface area contributed by atoms with Crippen LogP contribution in [0.3, 0.4) is 0 Å². The third-order valence-electron chi connectivity index (χ3n) is 2.96. The molecule has 1 atom stereocenters. The minimum Gasteiger partial charge on any atom is -0.465 e. The molecule has 0 spiro atoms. The van der Waals surface area contributed by atoms with Gasteiger partial charge in [-0.1, -0.05) is 23.2 Å². The summed E-state index contributed by atoms with van der Waals surface area (Å²) in [6, 6.07) is 4.55. The summed E-state index contributed by atoms with van der Waals surface area (Å²) >= 11 is 13.0. The zero-order valence-electron chi connectivity index (χ0n) is 11.7. The van der Waals surface area contributed by atoms with E-state index in [1.54, 1.807) is 13.0 Å². The maximum Gasteiger partial charge on any atom is 0.315 e. The number of imide groups is 1. The van der Waals surface area contributed by atoms with Gasteiger partial charge in [0.05, 0.1) is 28.3 Å². The number of halogens is 2. The fourth-order valence-electron chi connectivity index (χ4n) is 2.02. The third-order valence-corrected chi connectivity index (χ3v) is 4.67. The monoisotopic (exact) mass is 361 g/mol. The summed E-state index contributed by atoms with van der Waals surface area (Å²) in [5, 5.41) is 0.0370. The molecule has 0 radical (unpaired) electrons. The average molecular weight is 362 g/mol. The molecule has 5 nitrogen and oxygen atoms in total. The second-order valence-corrected chi connectivity index (χ2v) is 6.51. The van der Waals surface area contributed by atoms with E-state index in [1.807, 2.05) is 0 Å². The van der Waals surface area contributed by atoms with Crippen LogP contribution < -0.4 is 4.90 Å². The minimum absolute atomic E-state index is 0.0275. The van der Waals surface area contributed by atoms with Crippen molar-refractivity contribution >= 4 is 58.4 Å². The van der Waals surface area contributed by atoms with Gasteiger partial charge in [0, 0.05) is 11.4 Å². The summed E-state index contributed by atoms with van der Waals surface area (Å²) in [6.45, 7) is 1.99. The van der Waals surface area contributed by atoms with Gasteiger partial charge < -0.3 is 4.74 Å². The molecular weight excluding hydrogens is 349 g/mol. The summed E-state index contributed by atoms with van der Waals surface area (Å²) in [5.41, 5.74) is 0.306. The Hall–Kier alpha value is -1.24. The van der Waals surface area contributed by atoms with E-state index in [0.29, 0.717) is 10.7 Å². The second kappa shape index (κ2) is 7.35. The molecule has 1 aromatic rings. The van der Waals surface area contributed by atoms with Crippen LogP contribution in [0.15, 0.2) is 18.2 Å². The molecule has 2 rings (SSSR count). The molecule has 0 aliphatic carbocycles. The first-order valence-corrected chi connectivity index (χ1v) is 8.33. The largest absolute Gasteiger partial charge is 0.465 e. The number of carbonyl (C=O) groups excluding carboxylic acids is 3. The van der Waals surface area contributed by atoms with Crippen molar-refractivity contribution in [3.05, 3.63) is 28.2 Å². The zero-order valence-corrected chi connectivity index (χ0v) is 14.0. The molecule has 1 aliphatic heterocycles. The standard InChI is InChI=1S/C14H13Cl2NO4S/c1-2-21-13(19)7-22-11-6-12(18)17(14(11)20)10-4-3-8(15)5-9(10)16/h3-5,11H,2,6-7H2,1H3/t11-/m0/s1. The van der Waals surface area contributed by atoms with E-state index in [-0.39, 0.29) is 35.6 Å². The van der Waals surface area contributed by atoms with Crippen LogP contribution in [-0.2, 0) is 19.1 Å². The molecule has 2 amide bonds. The van der Waals surface area contributed by atoms with Gasteiger partial charge in [0.1, 0.15) is 0 Å². The Kier molecular flexibility index (Phi) is 5.72. The first kappa shape index (κ1) is 17.1. The highest BCUT2D eigenvalue weighted by atomic mass is 35.5. The lowest BCUT2D eigenvalue weighted by atomic mass is 10.3. The number of benzene rings is 1. The van der Waals surface area contributed by atoms with E-state index in [1.165, 1.54) is 12.1 Å². The quantitative estimate of drug-likeness (QED) is 0.595. The van der Waals surface area contributed by atoms with Crippen LogP contribution in [-0.4, -0.2) is 35.4 Å².